The maximum absolute atomic E-state index is 11.8. The average molecular weight is 311 g/mol. The van der Waals surface area contributed by atoms with Gasteiger partial charge in [0.25, 0.3) is 0 Å². The molecule has 0 aliphatic carbocycles. The quantitative estimate of drug-likeness (QED) is 0.857. The SMILES string of the molecule is CCOC(=O)c1csc(NC(=O)Cc2csc(C)n2)n1. The monoisotopic (exact) mass is 311 g/mol. The molecule has 2 aromatic heterocycles. The van der Waals surface area contributed by atoms with Crippen molar-refractivity contribution in [2.75, 3.05) is 11.9 Å². The molecule has 0 bridgehead atoms. The number of aromatic nitrogens is 2. The summed E-state index contributed by atoms with van der Waals surface area (Å²) >= 11 is 2.69. The van der Waals surface area contributed by atoms with Gasteiger partial charge in [0.1, 0.15) is 0 Å². The zero-order chi connectivity index (χ0) is 14.5. The van der Waals surface area contributed by atoms with Crippen LogP contribution in [0.2, 0.25) is 0 Å². The van der Waals surface area contributed by atoms with Crippen molar-refractivity contribution in [3.8, 4) is 0 Å². The van der Waals surface area contributed by atoms with Gasteiger partial charge in [0.2, 0.25) is 5.91 Å². The van der Waals surface area contributed by atoms with Gasteiger partial charge in [0.05, 0.1) is 23.7 Å². The molecule has 6 nitrogen and oxygen atoms in total. The molecule has 8 heteroatoms. The first kappa shape index (κ1) is 14.6. The van der Waals surface area contributed by atoms with Crippen LogP contribution >= 0.6 is 22.7 Å². The van der Waals surface area contributed by atoms with Crippen LogP contribution in [-0.2, 0) is 16.0 Å². The summed E-state index contributed by atoms with van der Waals surface area (Å²) < 4.78 is 4.83. The summed E-state index contributed by atoms with van der Waals surface area (Å²) in [5.41, 5.74) is 0.934. The van der Waals surface area contributed by atoms with Crippen LogP contribution in [-0.4, -0.2) is 28.5 Å². The third-order valence-electron chi connectivity index (χ3n) is 2.24. The average Bonchev–Trinajstić information content (AvgIpc) is 2.99. The van der Waals surface area contributed by atoms with Crippen molar-refractivity contribution < 1.29 is 14.3 Å². The number of nitrogens with one attached hydrogen (secondary N) is 1. The molecule has 2 heterocycles. The smallest absolute Gasteiger partial charge is 0.357 e. The lowest BCUT2D eigenvalue weighted by Gasteiger charge is -1.99. The molecule has 0 fully saturated rings. The van der Waals surface area contributed by atoms with Gasteiger partial charge in [-0.1, -0.05) is 0 Å². The zero-order valence-electron chi connectivity index (χ0n) is 11.0. The highest BCUT2D eigenvalue weighted by molar-refractivity contribution is 7.14. The number of ether oxygens (including phenoxy) is 1. The van der Waals surface area contributed by atoms with E-state index in [9.17, 15) is 9.59 Å². The third-order valence-corrected chi connectivity index (χ3v) is 3.82. The van der Waals surface area contributed by atoms with Gasteiger partial charge in [-0.3, -0.25) is 4.79 Å². The summed E-state index contributed by atoms with van der Waals surface area (Å²) in [4.78, 5) is 31.5. The molecule has 20 heavy (non-hydrogen) atoms. The van der Waals surface area contributed by atoms with Crippen molar-refractivity contribution in [1.29, 1.82) is 0 Å². The van der Waals surface area contributed by atoms with E-state index in [-0.39, 0.29) is 18.0 Å². The van der Waals surface area contributed by atoms with Crippen molar-refractivity contribution in [3.05, 3.63) is 27.2 Å². The largest absolute Gasteiger partial charge is 0.461 e. The second-order valence-electron chi connectivity index (χ2n) is 3.84. The Morgan fingerprint density at radius 2 is 2.10 bits per heavy atom. The van der Waals surface area contributed by atoms with Crippen LogP contribution in [0, 0.1) is 6.92 Å². The number of thiazole rings is 2. The highest BCUT2D eigenvalue weighted by Crippen LogP contribution is 2.17. The Labute approximate surface area is 123 Å². The van der Waals surface area contributed by atoms with E-state index in [4.69, 9.17) is 4.74 Å². The first-order valence-electron chi connectivity index (χ1n) is 5.92. The predicted molar refractivity (Wildman–Crippen MR) is 77.3 cm³/mol. The second-order valence-corrected chi connectivity index (χ2v) is 5.76. The predicted octanol–water partition coefficient (Wildman–Crippen LogP) is 2.27. The summed E-state index contributed by atoms with van der Waals surface area (Å²) in [6, 6.07) is 0. The molecule has 0 aromatic carbocycles. The molecule has 0 saturated carbocycles. The van der Waals surface area contributed by atoms with E-state index in [2.05, 4.69) is 15.3 Å². The van der Waals surface area contributed by atoms with Crippen molar-refractivity contribution in [2.24, 2.45) is 0 Å². The number of aryl methyl sites for hydroxylation is 1. The summed E-state index contributed by atoms with van der Waals surface area (Å²) in [5.74, 6) is -0.695. The Bertz CT molecular complexity index is 621. The molecule has 0 unspecified atom stereocenters. The van der Waals surface area contributed by atoms with Gasteiger partial charge in [0.15, 0.2) is 10.8 Å². The molecule has 1 amide bonds. The lowest BCUT2D eigenvalue weighted by atomic mass is 10.3. The van der Waals surface area contributed by atoms with E-state index in [1.54, 1.807) is 12.3 Å². The number of esters is 1. The molecule has 2 rings (SSSR count). The summed E-state index contributed by atoms with van der Waals surface area (Å²) in [6.45, 7) is 3.91. The number of carbonyl (C=O) groups excluding carboxylic acids is 2. The number of nitrogens with zero attached hydrogens (tertiary/aromatic N) is 2. The molecule has 0 saturated heterocycles. The van der Waals surface area contributed by atoms with Crippen LogP contribution in [0.15, 0.2) is 10.8 Å². The first-order chi connectivity index (χ1) is 9.58. The zero-order valence-corrected chi connectivity index (χ0v) is 12.6. The first-order valence-corrected chi connectivity index (χ1v) is 7.68. The van der Waals surface area contributed by atoms with Gasteiger partial charge in [-0.2, -0.15) is 0 Å². The van der Waals surface area contributed by atoms with Gasteiger partial charge >= 0.3 is 5.97 Å². The van der Waals surface area contributed by atoms with Gasteiger partial charge in [-0.15, -0.1) is 22.7 Å². The summed E-state index contributed by atoms with van der Waals surface area (Å²) in [7, 11) is 0. The van der Waals surface area contributed by atoms with Crippen molar-refractivity contribution in [2.45, 2.75) is 20.3 Å². The van der Waals surface area contributed by atoms with Crippen molar-refractivity contribution in [1.82, 2.24) is 9.97 Å². The molecule has 0 atom stereocenters. The van der Waals surface area contributed by atoms with E-state index in [0.29, 0.717) is 11.7 Å². The van der Waals surface area contributed by atoms with Crippen LogP contribution in [0.1, 0.15) is 28.1 Å². The third kappa shape index (κ3) is 3.84. The highest BCUT2D eigenvalue weighted by Gasteiger charge is 2.13. The number of rotatable bonds is 5. The molecule has 0 aliphatic heterocycles. The fraction of sp³-hybridized carbons (Fsp3) is 0.333. The maximum Gasteiger partial charge on any atom is 0.357 e. The van der Waals surface area contributed by atoms with E-state index < -0.39 is 5.97 Å². The number of carbonyl (C=O) groups is 2. The normalized spacial score (nSPS) is 10.3. The Hall–Kier alpha value is -1.80. The fourth-order valence-corrected chi connectivity index (χ4v) is 2.76. The second kappa shape index (κ2) is 6.58. The molecule has 0 radical (unpaired) electrons. The Balaban J connectivity index is 1.93. The highest BCUT2D eigenvalue weighted by atomic mass is 32.1. The van der Waals surface area contributed by atoms with Crippen LogP contribution in [0.5, 0.6) is 0 Å². The lowest BCUT2D eigenvalue weighted by Crippen LogP contribution is -2.15. The Kier molecular flexibility index (Phi) is 4.80. The van der Waals surface area contributed by atoms with Gasteiger partial charge in [-0.05, 0) is 13.8 Å². The molecular formula is C12H13N3O3S2. The Morgan fingerprint density at radius 1 is 1.30 bits per heavy atom. The topological polar surface area (TPSA) is 81.2 Å². The standard InChI is InChI=1S/C12H13N3O3S2/c1-3-18-11(17)9-6-20-12(14-9)15-10(16)4-8-5-19-7(2)13-8/h5-6H,3-4H2,1-2H3,(H,14,15,16). The van der Waals surface area contributed by atoms with Gasteiger partial charge in [-0.25, -0.2) is 14.8 Å². The van der Waals surface area contributed by atoms with Crippen LogP contribution in [0.25, 0.3) is 0 Å². The summed E-state index contributed by atoms with van der Waals surface area (Å²) in [5, 5.41) is 7.35. The van der Waals surface area contributed by atoms with Gasteiger partial charge < -0.3 is 10.1 Å². The molecular weight excluding hydrogens is 298 g/mol. The summed E-state index contributed by atoms with van der Waals surface area (Å²) in [6.07, 6.45) is 0.193. The number of anilines is 1. The van der Waals surface area contributed by atoms with Crippen LogP contribution < -0.4 is 5.32 Å². The number of hydrogen-bond acceptors (Lipinski definition) is 7. The van der Waals surface area contributed by atoms with E-state index in [1.807, 2.05) is 12.3 Å². The van der Waals surface area contributed by atoms with E-state index >= 15 is 0 Å². The van der Waals surface area contributed by atoms with Crippen molar-refractivity contribution >= 4 is 39.7 Å². The van der Waals surface area contributed by atoms with Crippen molar-refractivity contribution in [3.63, 3.8) is 0 Å². The molecule has 1 N–H and O–H groups in total. The molecule has 106 valence electrons. The minimum Gasteiger partial charge on any atom is -0.461 e. The minimum atomic E-state index is -0.487. The lowest BCUT2D eigenvalue weighted by molar-refractivity contribution is -0.115. The molecule has 2 aromatic rings. The van der Waals surface area contributed by atoms with E-state index in [0.717, 1.165) is 10.7 Å². The Morgan fingerprint density at radius 3 is 2.75 bits per heavy atom. The number of amides is 1. The van der Waals surface area contributed by atoms with Crippen LogP contribution in [0.3, 0.4) is 0 Å². The fourth-order valence-electron chi connectivity index (χ4n) is 1.45. The van der Waals surface area contributed by atoms with E-state index in [1.165, 1.54) is 22.7 Å². The van der Waals surface area contributed by atoms with Gasteiger partial charge in [0, 0.05) is 10.8 Å². The number of hydrogen-bond donors (Lipinski definition) is 1. The molecule has 0 spiro atoms. The minimum absolute atomic E-state index is 0.193. The maximum atomic E-state index is 11.8. The van der Waals surface area contributed by atoms with Crippen LogP contribution in [0.4, 0.5) is 5.13 Å². The molecule has 0 aliphatic rings.